The van der Waals surface area contributed by atoms with E-state index in [4.69, 9.17) is 0 Å². The average molecular weight is 224 g/mol. The van der Waals surface area contributed by atoms with Gasteiger partial charge in [0.15, 0.2) is 0 Å². The first-order chi connectivity index (χ1) is 7.68. The van der Waals surface area contributed by atoms with Gasteiger partial charge in [0.2, 0.25) is 5.95 Å². The van der Waals surface area contributed by atoms with Gasteiger partial charge in [-0.15, -0.1) is 0 Å². The van der Waals surface area contributed by atoms with Crippen LogP contribution in [0.2, 0.25) is 0 Å². The number of halogens is 1. The van der Waals surface area contributed by atoms with Crippen molar-refractivity contribution in [3.05, 3.63) is 29.3 Å². The van der Waals surface area contributed by atoms with E-state index in [1.165, 1.54) is 6.20 Å². The molecule has 0 atom stereocenters. The third-order valence-electron chi connectivity index (χ3n) is 2.25. The van der Waals surface area contributed by atoms with Crippen molar-refractivity contribution in [1.82, 2.24) is 10.3 Å². The van der Waals surface area contributed by atoms with E-state index in [0.29, 0.717) is 5.56 Å². The van der Waals surface area contributed by atoms with Crippen LogP contribution in [0, 0.1) is 12.9 Å². The lowest BCUT2D eigenvalue weighted by atomic mass is 10.1. The van der Waals surface area contributed by atoms with Gasteiger partial charge in [-0.2, -0.15) is 4.39 Å². The van der Waals surface area contributed by atoms with Crippen molar-refractivity contribution in [2.45, 2.75) is 39.7 Å². The highest BCUT2D eigenvalue weighted by molar-refractivity contribution is 5.95. The number of carbonyl (C=O) groups is 1. The lowest BCUT2D eigenvalue weighted by Gasteiger charge is -2.06. The van der Waals surface area contributed by atoms with Gasteiger partial charge in [0.25, 0.3) is 5.91 Å². The Balaban J connectivity index is 0.000000606. The van der Waals surface area contributed by atoms with E-state index < -0.39 is 5.95 Å². The van der Waals surface area contributed by atoms with Gasteiger partial charge in [-0.25, -0.2) is 4.98 Å². The Morgan fingerprint density at radius 1 is 1.50 bits per heavy atom. The number of amides is 1. The van der Waals surface area contributed by atoms with E-state index in [0.717, 1.165) is 12.8 Å². The molecule has 1 heterocycles. The monoisotopic (exact) mass is 224 g/mol. The summed E-state index contributed by atoms with van der Waals surface area (Å²) in [5.74, 6) is -1.04. The molecule has 1 aromatic heterocycles. The van der Waals surface area contributed by atoms with Crippen LogP contribution < -0.4 is 5.32 Å². The molecule has 16 heavy (non-hydrogen) atoms. The third-order valence-corrected chi connectivity index (χ3v) is 2.25. The lowest BCUT2D eigenvalue weighted by Crippen LogP contribution is -2.27. The molecule has 3 nitrogen and oxygen atoms in total. The fourth-order valence-corrected chi connectivity index (χ4v) is 1.28. The van der Waals surface area contributed by atoms with Crippen molar-refractivity contribution in [3.63, 3.8) is 0 Å². The van der Waals surface area contributed by atoms with Crippen molar-refractivity contribution in [1.29, 1.82) is 0 Å². The summed E-state index contributed by atoms with van der Waals surface area (Å²) in [6.45, 7) is 5.70. The number of nitrogens with zero attached hydrogens (tertiary/aromatic N) is 1. The van der Waals surface area contributed by atoms with Crippen molar-refractivity contribution in [2.75, 3.05) is 0 Å². The molecule has 0 bridgehead atoms. The molecule has 0 radical (unpaired) electrons. The Kier molecular flexibility index (Phi) is 4.40. The highest BCUT2D eigenvalue weighted by Crippen LogP contribution is 2.20. The second-order valence-corrected chi connectivity index (χ2v) is 3.54. The van der Waals surface area contributed by atoms with Crippen LogP contribution in [0.1, 0.15) is 42.6 Å². The first-order valence-electron chi connectivity index (χ1n) is 5.60. The Bertz CT molecular complexity index is 355. The minimum atomic E-state index is -0.692. The van der Waals surface area contributed by atoms with E-state index in [-0.39, 0.29) is 17.5 Å². The van der Waals surface area contributed by atoms with Gasteiger partial charge >= 0.3 is 0 Å². The van der Waals surface area contributed by atoms with Crippen LogP contribution in [0.3, 0.4) is 0 Å². The molecular weight excluding hydrogens is 207 g/mol. The number of carbonyl (C=O) groups excluding carboxylic acids is 1. The topological polar surface area (TPSA) is 42.0 Å². The molecule has 88 valence electrons. The van der Waals surface area contributed by atoms with Crippen LogP contribution in [0.25, 0.3) is 0 Å². The molecule has 1 aliphatic carbocycles. The molecule has 0 saturated heterocycles. The van der Waals surface area contributed by atoms with Crippen LogP contribution in [0.4, 0.5) is 4.39 Å². The van der Waals surface area contributed by atoms with Gasteiger partial charge in [-0.3, -0.25) is 4.79 Å². The quantitative estimate of drug-likeness (QED) is 0.784. The lowest BCUT2D eigenvalue weighted by molar-refractivity contribution is 0.0945. The minimum absolute atomic E-state index is 0.0689. The first-order valence-corrected chi connectivity index (χ1v) is 5.60. The summed E-state index contributed by atoms with van der Waals surface area (Å²) in [5.41, 5.74) is 0.690. The van der Waals surface area contributed by atoms with Gasteiger partial charge in [-0.1, -0.05) is 13.8 Å². The summed E-state index contributed by atoms with van der Waals surface area (Å²) in [4.78, 5) is 15.0. The van der Waals surface area contributed by atoms with Crippen LogP contribution in [0.5, 0.6) is 0 Å². The highest BCUT2D eigenvalue weighted by Gasteiger charge is 2.26. The zero-order chi connectivity index (χ0) is 12.1. The molecule has 1 fully saturated rings. The molecule has 2 rings (SSSR count). The molecule has 0 aliphatic heterocycles. The van der Waals surface area contributed by atoms with Crippen LogP contribution in [-0.4, -0.2) is 16.9 Å². The predicted octanol–water partition coefficient (Wildman–Crippen LogP) is 2.45. The van der Waals surface area contributed by atoms with Gasteiger partial charge in [0.1, 0.15) is 0 Å². The van der Waals surface area contributed by atoms with Crippen molar-refractivity contribution < 1.29 is 9.18 Å². The maximum Gasteiger partial charge on any atom is 0.256 e. The van der Waals surface area contributed by atoms with E-state index >= 15 is 0 Å². The second-order valence-electron chi connectivity index (χ2n) is 3.54. The summed E-state index contributed by atoms with van der Waals surface area (Å²) in [5, 5.41) is 2.73. The maximum absolute atomic E-state index is 13.2. The predicted molar refractivity (Wildman–Crippen MR) is 60.8 cm³/mol. The standard InChI is InChI=1S/C10H11FN2O.C2H6/c1-6-4-5-12-9(11)8(6)10(14)13-7-2-3-7;1-2/h4-5,7H,2-3H2,1H3,(H,13,14);1-2H3. The molecule has 1 saturated carbocycles. The summed E-state index contributed by atoms with van der Waals surface area (Å²) < 4.78 is 13.2. The molecule has 0 aromatic carbocycles. The third kappa shape index (κ3) is 3.02. The van der Waals surface area contributed by atoms with Crippen LogP contribution in [0.15, 0.2) is 12.3 Å². The van der Waals surface area contributed by atoms with Crippen LogP contribution >= 0.6 is 0 Å². The maximum atomic E-state index is 13.2. The number of pyridine rings is 1. The van der Waals surface area contributed by atoms with Crippen molar-refractivity contribution in [2.24, 2.45) is 0 Å². The number of hydrogen-bond donors (Lipinski definition) is 1. The number of aryl methyl sites for hydroxylation is 1. The SMILES string of the molecule is CC.Cc1ccnc(F)c1C(=O)NC1CC1. The zero-order valence-electron chi connectivity index (χ0n) is 9.88. The van der Waals surface area contributed by atoms with Crippen molar-refractivity contribution >= 4 is 5.91 Å². The number of hydrogen-bond acceptors (Lipinski definition) is 2. The van der Waals surface area contributed by atoms with Gasteiger partial charge in [-0.05, 0) is 31.4 Å². The zero-order valence-corrected chi connectivity index (χ0v) is 9.88. The van der Waals surface area contributed by atoms with E-state index in [9.17, 15) is 9.18 Å². The Morgan fingerprint density at radius 2 is 2.12 bits per heavy atom. The van der Waals surface area contributed by atoms with E-state index in [1.54, 1.807) is 13.0 Å². The molecule has 0 spiro atoms. The fraction of sp³-hybridized carbons (Fsp3) is 0.500. The Hall–Kier alpha value is -1.45. The molecule has 1 aliphatic rings. The van der Waals surface area contributed by atoms with E-state index in [2.05, 4.69) is 10.3 Å². The van der Waals surface area contributed by atoms with Crippen LogP contribution in [-0.2, 0) is 0 Å². The van der Waals surface area contributed by atoms with Crippen molar-refractivity contribution in [3.8, 4) is 0 Å². The Morgan fingerprint density at radius 3 is 2.62 bits per heavy atom. The fourth-order valence-electron chi connectivity index (χ4n) is 1.28. The molecular formula is C12H17FN2O. The normalized spacial score (nSPS) is 13.8. The van der Waals surface area contributed by atoms with E-state index in [1.807, 2.05) is 13.8 Å². The number of nitrogens with one attached hydrogen (secondary N) is 1. The largest absolute Gasteiger partial charge is 0.349 e. The smallest absolute Gasteiger partial charge is 0.256 e. The molecule has 1 amide bonds. The summed E-state index contributed by atoms with van der Waals surface area (Å²) in [6, 6.07) is 1.87. The minimum Gasteiger partial charge on any atom is -0.349 e. The van der Waals surface area contributed by atoms with Gasteiger partial charge < -0.3 is 5.32 Å². The average Bonchev–Trinajstić information content (AvgIpc) is 3.04. The number of rotatable bonds is 2. The summed E-state index contributed by atoms with van der Waals surface area (Å²) in [7, 11) is 0. The molecule has 4 heteroatoms. The summed E-state index contributed by atoms with van der Waals surface area (Å²) >= 11 is 0. The molecule has 0 unspecified atom stereocenters. The highest BCUT2D eigenvalue weighted by atomic mass is 19.1. The first kappa shape index (κ1) is 12.6. The molecule has 1 N–H and O–H groups in total. The van der Waals surface area contributed by atoms with Gasteiger partial charge in [0.05, 0.1) is 5.56 Å². The number of aromatic nitrogens is 1. The summed E-state index contributed by atoms with van der Waals surface area (Å²) in [6.07, 6.45) is 3.35. The Labute approximate surface area is 95.1 Å². The molecule has 1 aromatic rings. The second kappa shape index (κ2) is 5.58. The van der Waals surface area contributed by atoms with Gasteiger partial charge in [0, 0.05) is 12.2 Å².